The Morgan fingerprint density at radius 3 is 1.98 bits per heavy atom. The number of Topliss-reactive ketones (excluding diaryl/α,β-unsaturated/α-hetero) is 1. The topological polar surface area (TPSA) is 192 Å². The Morgan fingerprint density at radius 2 is 1.38 bits per heavy atom. The van der Waals surface area contributed by atoms with E-state index in [4.69, 9.17) is 24.3 Å². The molecule has 1 saturated carbocycles. The lowest BCUT2D eigenvalue weighted by molar-refractivity contribution is -0.161. The number of unbranched alkanes of at least 4 members (excludes halogenated alkanes) is 17. The summed E-state index contributed by atoms with van der Waals surface area (Å²) in [5.41, 5.74) is 5.34. The van der Waals surface area contributed by atoms with E-state index in [1.54, 1.807) is 12.2 Å². The van der Waals surface area contributed by atoms with Gasteiger partial charge < -0.3 is 30.3 Å². The monoisotopic (exact) mass is 816 g/mol. The lowest BCUT2D eigenvalue weighted by Crippen LogP contribution is -2.29. The minimum absolute atomic E-state index is 0.00882. The van der Waals surface area contributed by atoms with Crippen molar-refractivity contribution in [3.05, 3.63) is 24.3 Å². The first kappa shape index (κ1) is 52.1. The number of carbonyl (C=O) groups is 3. The Bertz CT molecular complexity index is 1130. The summed E-state index contributed by atoms with van der Waals surface area (Å²) in [6.07, 6.45) is 28.6. The SMILES string of the molecule is CCCCCCCCCCCCCCCCCC(=O)OC[C@H](COP(=O)(O)OCCN)OC(=O)CCC/C=C\C[C@H]1C(=O)C[C@@H](O)[C@@H]1/C=C/[C@@H](O)CCCCC. The molecular weight excluding hydrogens is 737 g/mol. The van der Waals surface area contributed by atoms with Crippen molar-refractivity contribution < 1.29 is 52.6 Å². The number of allylic oxidation sites excluding steroid dienone is 2. The molecule has 0 aromatic rings. The smallest absolute Gasteiger partial charge is 0.462 e. The first-order valence-electron chi connectivity index (χ1n) is 21.9. The first-order valence-corrected chi connectivity index (χ1v) is 23.4. The van der Waals surface area contributed by atoms with Crippen LogP contribution >= 0.6 is 7.82 Å². The van der Waals surface area contributed by atoms with E-state index in [-0.39, 0.29) is 56.6 Å². The molecule has 0 amide bonds. The Hall–Kier alpha value is -1.92. The number of carbonyl (C=O) groups excluding carboxylic acids is 3. The molecule has 0 aromatic carbocycles. The van der Waals surface area contributed by atoms with Crippen LogP contribution in [0.5, 0.6) is 0 Å². The van der Waals surface area contributed by atoms with Gasteiger partial charge in [0.1, 0.15) is 12.4 Å². The Labute approximate surface area is 338 Å². The van der Waals surface area contributed by atoms with Gasteiger partial charge in [0.2, 0.25) is 0 Å². The molecule has 0 saturated heterocycles. The number of rotatable bonds is 37. The molecule has 56 heavy (non-hydrogen) atoms. The number of esters is 2. The van der Waals surface area contributed by atoms with Gasteiger partial charge in [0.25, 0.3) is 0 Å². The fourth-order valence-corrected chi connectivity index (χ4v) is 7.62. The van der Waals surface area contributed by atoms with Crippen molar-refractivity contribution in [3.8, 4) is 0 Å². The van der Waals surface area contributed by atoms with E-state index in [2.05, 4.69) is 13.8 Å². The number of phosphoric acid groups is 1. The van der Waals surface area contributed by atoms with Crippen molar-refractivity contribution in [1.82, 2.24) is 0 Å². The van der Waals surface area contributed by atoms with E-state index >= 15 is 0 Å². The number of phosphoric ester groups is 1. The van der Waals surface area contributed by atoms with Crippen LogP contribution in [-0.2, 0) is 37.5 Å². The van der Waals surface area contributed by atoms with Crippen LogP contribution in [0, 0.1) is 11.8 Å². The summed E-state index contributed by atoms with van der Waals surface area (Å²) in [5.74, 6) is -1.76. The average molecular weight is 816 g/mol. The fraction of sp³-hybridized carbons (Fsp3) is 0.837. The molecule has 0 aromatic heterocycles. The summed E-state index contributed by atoms with van der Waals surface area (Å²) in [6, 6.07) is 0. The molecule has 0 radical (unpaired) electrons. The number of hydrogen-bond acceptors (Lipinski definition) is 11. The summed E-state index contributed by atoms with van der Waals surface area (Å²) >= 11 is 0. The summed E-state index contributed by atoms with van der Waals surface area (Å²) in [7, 11) is -4.45. The second-order valence-electron chi connectivity index (χ2n) is 15.3. The van der Waals surface area contributed by atoms with E-state index in [1.807, 2.05) is 12.2 Å². The van der Waals surface area contributed by atoms with Gasteiger partial charge >= 0.3 is 19.8 Å². The third-order valence-corrected chi connectivity index (χ3v) is 11.2. The molecule has 1 unspecified atom stereocenters. The van der Waals surface area contributed by atoms with Crippen molar-refractivity contribution in [2.75, 3.05) is 26.4 Å². The van der Waals surface area contributed by atoms with Gasteiger partial charge in [-0.15, -0.1) is 0 Å². The van der Waals surface area contributed by atoms with Gasteiger partial charge in [0.05, 0.1) is 25.4 Å². The molecule has 13 heteroatoms. The quantitative estimate of drug-likeness (QED) is 0.0202. The van der Waals surface area contributed by atoms with Crippen LogP contribution in [0.1, 0.15) is 174 Å². The van der Waals surface area contributed by atoms with Crippen LogP contribution in [0.25, 0.3) is 0 Å². The predicted octanol–water partition coefficient (Wildman–Crippen LogP) is 8.98. The standard InChI is InChI=1S/C43H78NO11P/c1-3-5-7-8-9-10-11-12-13-14-15-16-17-18-23-27-42(48)52-34-37(35-54-56(50,51)53-32-31-44)55-43(49)28-24-20-19-22-26-38-39(41(47)33-40(38)46)30-29-36(45)25-21-6-4-2/h19,22,29-30,36-39,41,45,47H,3-18,20-21,23-28,31-35,44H2,1-2H3,(H,50,51)/b22-19-,30-29+/t36-,37+,38+,39+,41+/m0/s1. The van der Waals surface area contributed by atoms with Gasteiger partial charge in [-0.1, -0.05) is 147 Å². The largest absolute Gasteiger partial charge is 0.472 e. The Balaban J connectivity index is 2.41. The molecule has 326 valence electrons. The van der Waals surface area contributed by atoms with Crippen molar-refractivity contribution in [1.29, 1.82) is 0 Å². The van der Waals surface area contributed by atoms with Crippen molar-refractivity contribution in [2.45, 2.75) is 193 Å². The van der Waals surface area contributed by atoms with Gasteiger partial charge in [-0.2, -0.15) is 0 Å². The molecular formula is C43H78NO11P. The number of ether oxygens (including phenoxy) is 2. The van der Waals surface area contributed by atoms with E-state index < -0.39 is 44.7 Å². The first-order chi connectivity index (χ1) is 27.0. The molecule has 5 N–H and O–H groups in total. The number of hydrogen-bond donors (Lipinski definition) is 4. The van der Waals surface area contributed by atoms with E-state index in [0.717, 1.165) is 38.5 Å². The van der Waals surface area contributed by atoms with Crippen molar-refractivity contribution in [2.24, 2.45) is 17.6 Å². The minimum atomic E-state index is -4.45. The molecule has 0 heterocycles. The maximum atomic E-state index is 12.7. The highest BCUT2D eigenvalue weighted by atomic mass is 31.2. The van der Waals surface area contributed by atoms with E-state index in [9.17, 15) is 34.1 Å². The third-order valence-electron chi connectivity index (χ3n) is 10.2. The third kappa shape index (κ3) is 27.7. The molecule has 1 fully saturated rings. The lowest BCUT2D eigenvalue weighted by atomic mass is 9.90. The summed E-state index contributed by atoms with van der Waals surface area (Å²) in [6.45, 7) is 3.32. The van der Waals surface area contributed by atoms with Gasteiger partial charge in [-0.05, 0) is 32.1 Å². The van der Waals surface area contributed by atoms with Gasteiger partial charge in [-0.3, -0.25) is 23.4 Å². The normalized spacial score (nSPS) is 19.5. The highest BCUT2D eigenvalue weighted by Crippen LogP contribution is 2.43. The van der Waals surface area contributed by atoms with E-state index in [0.29, 0.717) is 32.1 Å². The molecule has 0 bridgehead atoms. The Kier molecular flexibility index (Phi) is 31.6. The maximum absolute atomic E-state index is 12.7. The molecule has 1 rings (SSSR count). The maximum Gasteiger partial charge on any atom is 0.472 e. The van der Waals surface area contributed by atoms with Crippen molar-refractivity contribution in [3.63, 3.8) is 0 Å². The van der Waals surface area contributed by atoms with Crippen LogP contribution < -0.4 is 5.73 Å². The molecule has 12 nitrogen and oxygen atoms in total. The highest BCUT2D eigenvalue weighted by Gasteiger charge is 2.39. The Morgan fingerprint density at radius 1 is 0.804 bits per heavy atom. The van der Waals surface area contributed by atoms with Gasteiger partial charge in [0.15, 0.2) is 6.10 Å². The van der Waals surface area contributed by atoms with Crippen molar-refractivity contribution >= 4 is 25.5 Å². The zero-order valence-electron chi connectivity index (χ0n) is 34.8. The van der Waals surface area contributed by atoms with E-state index in [1.165, 1.54) is 70.6 Å². The number of nitrogens with two attached hydrogens (primary N) is 1. The van der Waals surface area contributed by atoms with Crippen LogP contribution in [0.15, 0.2) is 24.3 Å². The predicted molar refractivity (Wildman–Crippen MR) is 221 cm³/mol. The molecule has 1 aliphatic rings. The molecule has 6 atom stereocenters. The summed E-state index contributed by atoms with van der Waals surface area (Å²) in [4.78, 5) is 47.6. The number of ketones is 1. The van der Waals surface area contributed by atoms with Crippen LogP contribution in [0.4, 0.5) is 0 Å². The molecule has 1 aliphatic carbocycles. The fourth-order valence-electron chi connectivity index (χ4n) is 6.85. The van der Waals surface area contributed by atoms with Gasteiger partial charge in [0, 0.05) is 37.6 Å². The second kappa shape index (κ2) is 34.0. The lowest BCUT2D eigenvalue weighted by Gasteiger charge is -2.19. The molecule has 0 aliphatic heterocycles. The summed E-state index contributed by atoms with van der Waals surface area (Å²) in [5, 5.41) is 20.7. The van der Waals surface area contributed by atoms with Crippen LogP contribution in [0.3, 0.4) is 0 Å². The zero-order valence-corrected chi connectivity index (χ0v) is 35.7. The minimum Gasteiger partial charge on any atom is -0.462 e. The van der Waals surface area contributed by atoms with Crippen LogP contribution in [-0.4, -0.2) is 77.5 Å². The zero-order chi connectivity index (χ0) is 41.3. The highest BCUT2D eigenvalue weighted by molar-refractivity contribution is 7.47. The van der Waals surface area contributed by atoms with Crippen LogP contribution in [0.2, 0.25) is 0 Å². The second-order valence-corrected chi connectivity index (χ2v) is 16.8. The number of aliphatic hydroxyl groups is 2. The number of aliphatic hydroxyl groups excluding tert-OH is 2. The summed E-state index contributed by atoms with van der Waals surface area (Å²) < 4.78 is 32.7. The average Bonchev–Trinajstić information content (AvgIpc) is 3.44. The van der Waals surface area contributed by atoms with Gasteiger partial charge in [-0.25, -0.2) is 4.57 Å². The molecule has 0 spiro atoms.